The highest BCUT2D eigenvalue weighted by Gasteiger charge is 2.47. The van der Waals surface area contributed by atoms with Gasteiger partial charge in [-0.15, -0.1) is 0 Å². The van der Waals surface area contributed by atoms with Gasteiger partial charge in [-0.05, 0) is 24.7 Å². The summed E-state index contributed by atoms with van der Waals surface area (Å²) in [6, 6.07) is 0. The van der Waals surface area contributed by atoms with Gasteiger partial charge in [0.1, 0.15) is 0 Å². The maximum Gasteiger partial charge on any atom is 0.310 e. The molecule has 0 radical (unpaired) electrons. The van der Waals surface area contributed by atoms with Crippen molar-refractivity contribution in [2.24, 2.45) is 10.8 Å². The molecule has 0 saturated heterocycles. The molecule has 0 aliphatic heterocycles. The molecule has 0 aliphatic rings. The minimum absolute atomic E-state index is 0.121. The molecule has 0 aromatic rings. The van der Waals surface area contributed by atoms with Crippen molar-refractivity contribution >= 4 is 5.97 Å². The number of rotatable bonds is 6. The van der Waals surface area contributed by atoms with Crippen molar-refractivity contribution in [3.8, 4) is 0 Å². The topological polar surface area (TPSA) is 37.3 Å². The van der Waals surface area contributed by atoms with Gasteiger partial charge in [0.25, 0.3) is 0 Å². The van der Waals surface area contributed by atoms with E-state index in [4.69, 9.17) is 0 Å². The maximum absolute atomic E-state index is 11.4. The largest absolute Gasteiger partial charge is 0.481 e. The normalized spacial score (nSPS) is 16.4. The summed E-state index contributed by atoms with van der Waals surface area (Å²) in [5.41, 5.74) is -0.667. The third-order valence-electron chi connectivity index (χ3n) is 3.87. The van der Waals surface area contributed by atoms with Crippen LogP contribution in [0.3, 0.4) is 0 Å². The third kappa shape index (κ3) is 2.10. The van der Waals surface area contributed by atoms with Crippen LogP contribution in [0.15, 0.2) is 0 Å². The predicted octanol–water partition coefficient (Wildman–Crippen LogP) is 3.70. The zero-order valence-electron chi connectivity index (χ0n) is 10.2. The smallest absolute Gasteiger partial charge is 0.310 e. The monoisotopic (exact) mass is 200 g/mol. The molecule has 1 atom stereocenters. The van der Waals surface area contributed by atoms with Crippen molar-refractivity contribution in [2.45, 2.75) is 60.3 Å². The first-order chi connectivity index (χ1) is 6.38. The van der Waals surface area contributed by atoms with Crippen molar-refractivity contribution < 1.29 is 9.90 Å². The molecule has 0 spiro atoms. The van der Waals surface area contributed by atoms with Crippen LogP contribution in [0.4, 0.5) is 0 Å². The Kier molecular flexibility index (Phi) is 4.63. The Balaban J connectivity index is 5.12. The van der Waals surface area contributed by atoms with Gasteiger partial charge in [0, 0.05) is 0 Å². The van der Waals surface area contributed by atoms with Gasteiger partial charge >= 0.3 is 5.97 Å². The minimum Gasteiger partial charge on any atom is -0.481 e. The van der Waals surface area contributed by atoms with E-state index in [9.17, 15) is 9.90 Å². The second kappa shape index (κ2) is 4.81. The first-order valence-corrected chi connectivity index (χ1v) is 5.61. The van der Waals surface area contributed by atoms with E-state index in [1.165, 1.54) is 0 Å². The number of aliphatic carboxylic acids is 1. The standard InChI is InChI=1S/C12H24O2/c1-6-9-12(8-3,10(13)14)11(4,5)7-2/h6-9H2,1-5H3,(H,13,14). The Bertz CT molecular complexity index is 196. The van der Waals surface area contributed by atoms with Gasteiger partial charge in [0.05, 0.1) is 5.41 Å². The SMILES string of the molecule is CCCC(CC)(C(=O)O)C(C)(C)CC. The second-order valence-electron chi connectivity index (χ2n) is 4.73. The maximum atomic E-state index is 11.4. The number of carboxylic acid groups (broad SMARTS) is 1. The highest BCUT2D eigenvalue weighted by Crippen LogP contribution is 2.47. The number of carboxylic acids is 1. The molecule has 0 aliphatic carbocycles. The zero-order valence-corrected chi connectivity index (χ0v) is 10.2. The van der Waals surface area contributed by atoms with E-state index < -0.39 is 11.4 Å². The average molecular weight is 200 g/mol. The molecule has 1 N–H and O–H groups in total. The van der Waals surface area contributed by atoms with Crippen molar-refractivity contribution in [1.82, 2.24) is 0 Å². The van der Waals surface area contributed by atoms with Gasteiger partial charge in [0.15, 0.2) is 0 Å². The van der Waals surface area contributed by atoms with Crippen LogP contribution in [0.2, 0.25) is 0 Å². The van der Waals surface area contributed by atoms with Crippen molar-refractivity contribution in [3.05, 3.63) is 0 Å². The molecule has 0 amide bonds. The Morgan fingerprint density at radius 2 is 1.64 bits per heavy atom. The van der Waals surface area contributed by atoms with Crippen molar-refractivity contribution in [3.63, 3.8) is 0 Å². The molecular weight excluding hydrogens is 176 g/mol. The molecular formula is C12H24O2. The van der Waals surface area contributed by atoms with Gasteiger partial charge in [-0.1, -0.05) is 41.0 Å². The molecule has 2 heteroatoms. The van der Waals surface area contributed by atoms with E-state index in [0.29, 0.717) is 0 Å². The van der Waals surface area contributed by atoms with E-state index >= 15 is 0 Å². The number of carbonyl (C=O) groups is 1. The van der Waals surface area contributed by atoms with Crippen LogP contribution in [-0.4, -0.2) is 11.1 Å². The number of hydrogen-bond donors (Lipinski definition) is 1. The Morgan fingerprint density at radius 3 is 1.86 bits per heavy atom. The van der Waals surface area contributed by atoms with E-state index in [1.54, 1.807) is 0 Å². The lowest BCUT2D eigenvalue weighted by Crippen LogP contribution is -2.43. The van der Waals surface area contributed by atoms with Crippen LogP contribution in [0.25, 0.3) is 0 Å². The fourth-order valence-corrected chi connectivity index (χ4v) is 2.31. The molecule has 14 heavy (non-hydrogen) atoms. The van der Waals surface area contributed by atoms with Crippen LogP contribution in [0.5, 0.6) is 0 Å². The third-order valence-corrected chi connectivity index (χ3v) is 3.87. The van der Waals surface area contributed by atoms with Crippen LogP contribution in [0, 0.1) is 10.8 Å². The van der Waals surface area contributed by atoms with Crippen LogP contribution >= 0.6 is 0 Å². The predicted molar refractivity (Wildman–Crippen MR) is 59.3 cm³/mol. The van der Waals surface area contributed by atoms with Crippen LogP contribution in [0.1, 0.15) is 60.3 Å². The van der Waals surface area contributed by atoms with Gasteiger partial charge in [-0.25, -0.2) is 0 Å². The fourth-order valence-electron chi connectivity index (χ4n) is 2.31. The summed E-state index contributed by atoms with van der Waals surface area (Å²) < 4.78 is 0. The van der Waals surface area contributed by atoms with Gasteiger partial charge in [-0.3, -0.25) is 4.79 Å². The van der Waals surface area contributed by atoms with Gasteiger partial charge in [-0.2, -0.15) is 0 Å². The molecule has 0 heterocycles. The lowest BCUT2D eigenvalue weighted by molar-refractivity contribution is -0.158. The average Bonchev–Trinajstić information content (AvgIpc) is 2.13. The highest BCUT2D eigenvalue weighted by molar-refractivity contribution is 5.75. The van der Waals surface area contributed by atoms with Crippen LogP contribution in [-0.2, 0) is 4.79 Å². The van der Waals surface area contributed by atoms with Gasteiger partial charge < -0.3 is 5.11 Å². The Hall–Kier alpha value is -0.530. The quantitative estimate of drug-likeness (QED) is 0.709. The molecule has 1 unspecified atom stereocenters. The molecule has 0 aromatic heterocycles. The second-order valence-corrected chi connectivity index (χ2v) is 4.73. The molecule has 0 rings (SSSR count). The lowest BCUT2D eigenvalue weighted by Gasteiger charge is -2.42. The summed E-state index contributed by atoms with van der Waals surface area (Å²) in [4.78, 5) is 11.4. The first-order valence-electron chi connectivity index (χ1n) is 5.61. The summed E-state index contributed by atoms with van der Waals surface area (Å²) in [5, 5.41) is 9.42. The molecule has 0 aromatic carbocycles. The van der Waals surface area contributed by atoms with E-state index in [-0.39, 0.29) is 5.41 Å². The molecule has 84 valence electrons. The van der Waals surface area contributed by atoms with Crippen molar-refractivity contribution in [1.29, 1.82) is 0 Å². The van der Waals surface area contributed by atoms with Crippen molar-refractivity contribution in [2.75, 3.05) is 0 Å². The molecule has 2 nitrogen and oxygen atoms in total. The summed E-state index contributed by atoms with van der Waals surface area (Å²) in [7, 11) is 0. The van der Waals surface area contributed by atoms with E-state index in [1.807, 2.05) is 6.92 Å². The number of hydrogen-bond acceptors (Lipinski definition) is 1. The first kappa shape index (κ1) is 13.5. The molecule has 0 saturated carbocycles. The summed E-state index contributed by atoms with van der Waals surface area (Å²) >= 11 is 0. The van der Waals surface area contributed by atoms with Crippen LogP contribution < -0.4 is 0 Å². The van der Waals surface area contributed by atoms with E-state index in [0.717, 1.165) is 25.7 Å². The Labute approximate surface area is 87.7 Å². The minimum atomic E-state index is -0.631. The van der Waals surface area contributed by atoms with E-state index in [2.05, 4.69) is 27.7 Å². The zero-order chi connectivity index (χ0) is 11.4. The summed E-state index contributed by atoms with van der Waals surface area (Å²) in [6.45, 7) is 10.3. The molecule has 0 bridgehead atoms. The highest BCUT2D eigenvalue weighted by atomic mass is 16.4. The fraction of sp³-hybridized carbons (Fsp3) is 0.917. The lowest BCUT2D eigenvalue weighted by atomic mass is 9.60. The Morgan fingerprint density at radius 1 is 1.14 bits per heavy atom. The summed E-state index contributed by atoms with van der Waals surface area (Å²) in [6.07, 6.45) is 3.34. The van der Waals surface area contributed by atoms with Gasteiger partial charge in [0.2, 0.25) is 0 Å². The summed E-state index contributed by atoms with van der Waals surface area (Å²) in [5.74, 6) is -0.631. The molecule has 0 fully saturated rings.